The smallest absolute Gasteiger partial charge is 1.00 e. The summed E-state index contributed by atoms with van der Waals surface area (Å²) in [6.45, 7) is 7.50. The fourth-order valence-electron chi connectivity index (χ4n) is 0. The van der Waals surface area contributed by atoms with Crippen LogP contribution in [0.4, 0.5) is 0 Å². The molecule has 0 nitrogen and oxygen atoms in total. The number of hydrogen-bond acceptors (Lipinski definition) is 0. The maximum atomic E-state index is 3.56. The molecule has 0 aliphatic carbocycles. The molecular weight excluding hydrogens is 88.1 g/mol. The summed E-state index contributed by atoms with van der Waals surface area (Å²) >= 11 is 0. The largest absolute Gasteiger partial charge is 2.00 e. The summed E-state index contributed by atoms with van der Waals surface area (Å²) in [6.07, 6.45) is 0. The molecule has 0 aliphatic rings. The van der Waals surface area contributed by atoms with Crippen LogP contribution < -0.4 is 0 Å². The van der Waals surface area contributed by atoms with Crippen LogP contribution in [0.2, 0.25) is 0 Å². The van der Waals surface area contributed by atoms with Gasteiger partial charge in [-0.25, -0.2) is 0 Å². The molecule has 1 heteroatoms. The van der Waals surface area contributed by atoms with Crippen molar-refractivity contribution in [2.45, 2.75) is 13.8 Å². The average molecular weight is 98.2 g/mol. The third-order valence-electron chi connectivity index (χ3n) is 0. The van der Waals surface area contributed by atoms with Gasteiger partial charge in [-0.15, -0.1) is 6.58 Å². The van der Waals surface area contributed by atoms with E-state index >= 15 is 0 Å². The fraction of sp³-hybridized carbons (Fsp3) is 0.500. The van der Waals surface area contributed by atoms with Crippen molar-refractivity contribution in [2.75, 3.05) is 0 Å². The zero-order chi connectivity index (χ0) is 3.58. The topological polar surface area (TPSA) is 0 Å². The van der Waals surface area contributed by atoms with Crippen molar-refractivity contribution in [1.82, 2.24) is 0 Å². The SMILES string of the molecule is C=C(C)C.[Ca+2].[H-].[H-]. The number of rotatable bonds is 0. The van der Waals surface area contributed by atoms with Gasteiger partial charge in [-0.3, -0.25) is 0 Å². The Labute approximate surface area is 66.2 Å². The Morgan fingerprint density at radius 1 is 1.60 bits per heavy atom. The first-order valence-electron chi connectivity index (χ1n) is 1.35. The van der Waals surface area contributed by atoms with E-state index in [1.54, 1.807) is 0 Å². The van der Waals surface area contributed by atoms with Gasteiger partial charge >= 0.3 is 37.7 Å². The summed E-state index contributed by atoms with van der Waals surface area (Å²) in [4.78, 5) is 0. The normalized spacial score (nSPS) is 5.20. The van der Waals surface area contributed by atoms with E-state index in [-0.39, 0.29) is 40.6 Å². The molecule has 5 heavy (non-hydrogen) atoms. The molecule has 0 atom stereocenters. The molecule has 0 radical (unpaired) electrons. The molecule has 0 unspecified atom stereocenters. The maximum absolute atomic E-state index is 3.56. The van der Waals surface area contributed by atoms with E-state index in [1.807, 2.05) is 13.8 Å². The summed E-state index contributed by atoms with van der Waals surface area (Å²) in [5, 5.41) is 0. The number of hydrogen-bond donors (Lipinski definition) is 0. The minimum atomic E-state index is 0. The molecule has 0 fully saturated rings. The molecule has 0 rings (SSSR count). The van der Waals surface area contributed by atoms with Crippen LogP contribution in [0.5, 0.6) is 0 Å². The molecule has 0 spiro atoms. The Balaban J connectivity index is -0.0000000150. The van der Waals surface area contributed by atoms with Gasteiger partial charge in [-0.2, -0.15) is 0 Å². The Hall–Kier alpha value is 1.000. The summed E-state index contributed by atoms with van der Waals surface area (Å²) in [5.74, 6) is 0. The Bertz CT molecular complexity index is 32.7. The predicted molar refractivity (Wildman–Crippen MR) is 28.5 cm³/mol. The van der Waals surface area contributed by atoms with E-state index < -0.39 is 0 Å². The zero-order valence-electron chi connectivity index (χ0n) is 5.91. The molecular formula is C4H10Ca. The van der Waals surface area contributed by atoms with Gasteiger partial charge in [0.25, 0.3) is 0 Å². The molecule has 0 aromatic rings. The standard InChI is InChI=1S/C4H8.Ca.2H/c1-4(2)3;;;/h1H2,2-3H3;;;/q;+2;2*-1. The van der Waals surface area contributed by atoms with Crippen LogP contribution in [0.3, 0.4) is 0 Å². The van der Waals surface area contributed by atoms with Crippen molar-refractivity contribution in [3.05, 3.63) is 12.2 Å². The Morgan fingerprint density at radius 3 is 1.60 bits per heavy atom. The molecule has 0 saturated heterocycles. The minimum Gasteiger partial charge on any atom is -1.00 e. The van der Waals surface area contributed by atoms with Gasteiger partial charge in [-0.05, 0) is 13.8 Å². The van der Waals surface area contributed by atoms with Crippen molar-refractivity contribution >= 4 is 37.7 Å². The van der Waals surface area contributed by atoms with E-state index in [0.29, 0.717) is 0 Å². The van der Waals surface area contributed by atoms with Gasteiger partial charge in [-0.1, -0.05) is 5.57 Å². The van der Waals surface area contributed by atoms with Crippen molar-refractivity contribution in [3.63, 3.8) is 0 Å². The molecule has 0 aliphatic heterocycles. The van der Waals surface area contributed by atoms with E-state index in [1.165, 1.54) is 5.57 Å². The van der Waals surface area contributed by atoms with Crippen LogP contribution >= 0.6 is 0 Å². The monoisotopic (exact) mass is 98.0 g/mol. The first-order chi connectivity index (χ1) is 1.73. The van der Waals surface area contributed by atoms with Crippen LogP contribution in [-0.4, -0.2) is 37.7 Å². The first-order valence-corrected chi connectivity index (χ1v) is 1.35. The van der Waals surface area contributed by atoms with E-state index in [0.717, 1.165) is 0 Å². The summed E-state index contributed by atoms with van der Waals surface area (Å²) < 4.78 is 0. The summed E-state index contributed by atoms with van der Waals surface area (Å²) in [7, 11) is 0. The molecule has 28 valence electrons. The molecule has 0 aromatic carbocycles. The summed E-state index contributed by atoms with van der Waals surface area (Å²) in [5.41, 5.74) is 1.17. The second kappa shape index (κ2) is 5.00. The maximum Gasteiger partial charge on any atom is 2.00 e. The molecule has 0 amide bonds. The second-order valence-corrected chi connectivity index (χ2v) is 1.21. The van der Waals surface area contributed by atoms with E-state index in [2.05, 4.69) is 6.58 Å². The third-order valence-corrected chi connectivity index (χ3v) is 0. The van der Waals surface area contributed by atoms with Crippen LogP contribution in [-0.2, 0) is 0 Å². The first kappa shape index (κ1) is 9.37. The minimum absolute atomic E-state index is 0. The third kappa shape index (κ3) is 45.0. The quantitative estimate of drug-likeness (QED) is 0.317. The van der Waals surface area contributed by atoms with Crippen molar-refractivity contribution in [2.24, 2.45) is 0 Å². The average Bonchev–Trinajstić information content (AvgIpc) is 0.811. The Morgan fingerprint density at radius 2 is 1.60 bits per heavy atom. The van der Waals surface area contributed by atoms with Crippen LogP contribution in [0, 0.1) is 0 Å². The van der Waals surface area contributed by atoms with E-state index in [9.17, 15) is 0 Å². The van der Waals surface area contributed by atoms with Gasteiger partial charge < -0.3 is 2.85 Å². The van der Waals surface area contributed by atoms with Gasteiger partial charge in [0.05, 0.1) is 0 Å². The molecule has 0 aromatic heterocycles. The van der Waals surface area contributed by atoms with Crippen LogP contribution in [0.25, 0.3) is 0 Å². The fourth-order valence-corrected chi connectivity index (χ4v) is 0. The molecule has 0 heterocycles. The Kier molecular flexibility index (Phi) is 9.37. The van der Waals surface area contributed by atoms with Crippen molar-refractivity contribution in [3.8, 4) is 0 Å². The van der Waals surface area contributed by atoms with Gasteiger partial charge in [0, 0.05) is 0 Å². The van der Waals surface area contributed by atoms with Crippen molar-refractivity contribution in [1.29, 1.82) is 0 Å². The molecule has 0 bridgehead atoms. The summed E-state index contributed by atoms with van der Waals surface area (Å²) in [6, 6.07) is 0. The van der Waals surface area contributed by atoms with Crippen LogP contribution in [0.15, 0.2) is 12.2 Å². The van der Waals surface area contributed by atoms with Crippen molar-refractivity contribution < 1.29 is 2.85 Å². The molecule has 0 saturated carbocycles. The van der Waals surface area contributed by atoms with E-state index in [4.69, 9.17) is 0 Å². The van der Waals surface area contributed by atoms with Crippen LogP contribution in [0.1, 0.15) is 16.7 Å². The van der Waals surface area contributed by atoms with Gasteiger partial charge in [0.1, 0.15) is 0 Å². The number of allylic oxidation sites excluding steroid dienone is 1. The second-order valence-electron chi connectivity index (χ2n) is 1.21. The van der Waals surface area contributed by atoms with Gasteiger partial charge in [0.15, 0.2) is 0 Å². The predicted octanol–water partition coefficient (Wildman–Crippen LogP) is 1.43. The van der Waals surface area contributed by atoms with Gasteiger partial charge in [0.2, 0.25) is 0 Å². The molecule has 0 N–H and O–H groups in total. The zero-order valence-corrected chi connectivity index (χ0v) is 6.12.